The molecule has 1 aromatic rings. The lowest BCUT2D eigenvalue weighted by molar-refractivity contribution is 0.317. The lowest BCUT2D eigenvalue weighted by Crippen LogP contribution is -2.09. The van der Waals surface area contributed by atoms with Crippen LogP contribution in [0.25, 0.3) is 0 Å². The molecule has 0 radical (unpaired) electrons. The summed E-state index contributed by atoms with van der Waals surface area (Å²) in [7, 11) is 2.88. The van der Waals surface area contributed by atoms with Crippen LogP contribution in [-0.2, 0) is 5.16 Å². The molecule has 1 unspecified atom stereocenters. The monoisotopic (exact) mass is 224 g/mol. The van der Waals surface area contributed by atoms with Gasteiger partial charge < -0.3 is 4.74 Å². The third kappa shape index (κ3) is 3.50. The number of aryl methyl sites for hydroxylation is 1. The van der Waals surface area contributed by atoms with Crippen molar-refractivity contribution >= 4 is 9.24 Å². The minimum absolute atomic E-state index is 0.132. The summed E-state index contributed by atoms with van der Waals surface area (Å²) in [5.74, 6) is 0.979. The van der Waals surface area contributed by atoms with Gasteiger partial charge in [-0.2, -0.15) is 0 Å². The molecule has 0 aromatic heterocycles. The molecule has 0 saturated carbocycles. The Kier molecular flexibility index (Phi) is 4.16. The molecule has 84 valence electrons. The third-order valence-corrected chi connectivity index (χ3v) is 2.68. The summed E-state index contributed by atoms with van der Waals surface area (Å²) in [4.78, 5) is 0. The Morgan fingerprint density at radius 1 is 1.33 bits per heavy atom. The summed E-state index contributed by atoms with van der Waals surface area (Å²) in [5.41, 5.74) is 2.65. The fourth-order valence-corrected chi connectivity index (χ4v) is 1.99. The molecule has 15 heavy (non-hydrogen) atoms. The van der Waals surface area contributed by atoms with E-state index in [1.54, 1.807) is 0 Å². The molecule has 1 nitrogen and oxygen atoms in total. The summed E-state index contributed by atoms with van der Waals surface area (Å²) in [6.45, 7) is 9.45. The van der Waals surface area contributed by atoms with Crippen molar-refractivity contribution in [3.05, 3.63) is 29.3 Å². The van der Waals surface area contributed by atoms with Gasteiger partial charge >= 0.3 is 0 Å². The van der Waals surface area contributed by atoms with E-state index < -0.39 is 0 Å². The standard InChI is InChI=1S/C13H21OP/c1-5-8-14-11-6-7-12(10(2)9-11)13(3,4)15/h6-7,9H,5,8,15H2,1-4H3. The van der Waals surface area contributed by atoms with E-state index in [1.807, 2.05) is 0 Å². The van der Waals surface area contributed by atoms with Crippen molar-refractivity contribution in [2.24, 2.45) is 0 Å². The van der Waals surface area contributed by atoms with E-state index in [4.69, 9.17) is 4.74 Å². The van der Waals surface area contributed by atoms with Crippen LogP contribution >= 0.6 is 9.24 Å². The van der Waals surface area contributed by atoms with Gasteiger partial charge in [0.2, 0.25) is 0 Å². The number of hydrogen-bond donors (Lipinski definition) is 0. The van der Waals surface area contributed by atoms with Crippen LogP contribution in [0.15, 0.2) is 18.2 Å². The van der Waals surface area contributed by atoms with Gasteiger partial charge in [0.1, 0.15) is 5.75 Å². The van der Waals surface area contributed by atoms with Crippen molar-refractivity contribution in [3.8, 4) is 5.75 Å². The van der Waals surface area contributed by atoms with Gasteiger partial charge in [-0.1, -0.05) is 26.8 Å². The van der Waals surface area contributed by atoms with Gasteiger partial charge in [0.15, 0.2) is 0 Å². The molecule has 2 heteroatoms. The maximum absolute atomic E-state index is 5.60. The van der Waals surface area contributed by atoms with E-state index in [9.17, 15) is 0 Å². The van der Waals surface area contributed by atoms with Crippen molar-refractivity contribution in [2.45, 2.75) is 39.3 Å². The van der Waals surface area contributed by atoms with Crippen LogP contribution in [0.2, 0.25) is 0 Å². The molecule has 0 spiro atoms. The lowest BCUT2D eigenvalue weighted by Gasteiger charge is -2.22. The predicted octanol–water partition coefficient (Wildman–Crippen LogP) is 3.89. The SMILES string of the molecule is CCCOc1ccc(C(C)(C)P)c(C)c1. The first-order valence-electron chi connectivity index (χ1n) is 5.48. The fourth-order valence-electron chi connectivity index (χ4n) is 1.67. The highest BCUT2D eigenvalue weighted by atomic mass is 31.0. The number of hydrogen-bond acceptors (Lipinski definition) is 1. The van der Waals surface area contributed by atoms with E-state index in [1.165, 1.54) is 11.1 Å². The minimum Gasteiger partial charge on any atom is -0.494 e. The van der Waals surface area contributed by atoms with Gasteiger partial charge in [0.25, 0.3) is 0 Å². The van der Waals surface area contributed by atoms with Crippen LogP contribution < -0.4 is 4.74 Å². The maximum Gasteiger partial charge on any atom is 0.119 e. The van der Waals surface area contributed by atoms with Crippen molar-refractivity contribution < 1.29 is 4.74 Å². The number of benzene rings is 1. The zero-order valence-electron chi connectivity index (χ0n) is 10.1. The highest BCUT2D eigenvalue weighted by molar-refractivity contribution is 7.18. The average molecular weight is 224 g/mol. The van der Waals surface area contributed by atoms with Gasteiger partial charge in [0, 0.05) is 5.16 Å². The number of ether oxygens (including phenoxy) is 1. The zero-order valence-corrected chi connectivity index (χ0v) is 11.3. The van der Waals surface area contributed by atoms with E-state index in [0.29, 0.717) is 0 Å². The largest absolute Gasteiger partial charge is 0.494 e. The highest BCUT2D eigenvalue weighted by Crippen LogP contribution is 2.33. The van der Waals surface area contributed by atoms with Crippen LogP contribution in [0.3, 0.4) is 0 Å². The molecule has 1 atom stereocenters. The second-order valence-corrected chi connectivity index (χ2v) is 5.99. The Morgan fingerprint density at radius 3 is 2.47 bits per heavy atom. The van der Waals surface area contributed by atoms with Crippen molar-refractivity contribution in [1.82, 2.24) is 0 Å². The fraction of sp³-hybridized carbons (Fsp3) is 0.538. The highest BCUT2D eigenvalue weighted by Gasteiger charge is 2.16. The van der Waals surface area contributed by atoms with Gasteiger partial charge in [-0.25, -0.2) is 0 Å². The molecular formula is C13H21OP. The normalized spacial score (nSPS) is 11.5. The first-order valence-corrected chi connectivity index (χ1v) is 6.05. The Bertz CT molecular complexity index is 326. The molecule has 0 amide bonds. The van der Waals surface area contributed by atoms with Crippen molar-refractivity contribution in [3.63, 3.8) is 0 Å². The first kappa shape index (κ1) is 12.5. The molecule has 0 heterocycles. The van der Waals surface area contributed by atoms with E-state index in [2.05, 4.69) is 55.1 Å². The van der Waals surface area contributed by atoms with E-state index in [0.717, 1.165) is 18.8 Å². The Morgan fingerprint density at radius 2 is 2.00 bits per heavy atom. The topological polar surface area (TPSA) is 9.23 Å². The zero-order chi connectivity index (χ0) is 11.5. The molecule has 0 aliphatic heterocycles. The third-order valence-electron chi connectivity index (χ3n) is 2.36. The van der Waals surface area contributed by atoms with Gasteiger partial charge in [-0.05, 0) is 36.6 Å². The average Bonchev–Trinajstić information content (AvgIpc) is 2.12. The lowest BCUT2D eigenvalue weighted by atomic mass is 9.97. The van der Waals surface area contributed by atoms with Gasteiger partial charge in [-0.15, -0.1) is 9.24 Å². The Balaban J connectivity index is 2.89. The Labute approximate surface area is 95.4 Å². The summed E-state index contributed by atoms with van der Waals surface area (Å²) in [6, 6.07) is 6.34. The van der Waals surface area contributed by atoms with Crippen LogP contribution in [0.4, 0.5) is 0 Å². The molecule has 0 N–H and O–H groups in total. The molecule has 0 fully saturated rings. The molecule has 0 saturated heterocycles. The summed E-state index contributed by atoms with van der Waals surface area (Å²) < 4.78 is 5.60. The van der Waals surface area contributed by atoms with Gasteiger partial charge in [-0.3, -0.25) is 0 Å². The van der Waals surface area contributed by atoms with Crippen LogP contribution in [0.1, 0.15) is 38.3 Å². The molecule has 1 rings (SSSR count). The quantitative estimate of drug-likeness (QED) is 0.705. The van der Waals surface area contributed by atoms with E-state index >= 15 is 0 Å². The molecule has 0 bridgehead atoms. The molecule has 0 aliphatic carbocycles. The molecule has 1 aromatic carbocycles. The van der Waals surface area contributed by atoms with Crippen LogP contribution in [-0.4, -0.2) is 6.61 Å². The first-order chi connectivity index (χ1) is 6.95. The van der Waals surface area contributed by atoms with Crippen molar-refractivity contribution in [2.75, 3.05) is 6.61 Å². The second-order valence-electron chi connectivity index (χ2n) is 4.55. The van der Waals surface area contributed by atoms with Crippen LogP contribution in [0, 0.1) is 6.92 Å². The number of rotatable bonds is 4. The minimum atomic E-state index is 0.132. The van der Waals surface area contributed by atoms with Crippen molar-refractivity contribution in [1.29, 1.82) is 0 Å². The molecule has 0 aliphatic rings. The van der Waals surface area contributed by atoms with Gasteiger partial charge in [0.05, 0.1) is 6.61 Å². The summed E-state index contributed by atoms with van der Waals surface area (Å²) in [6.07, 6.45) is 1.05. The molecular weight excluding hydrogens is 203 g/mol. The summed E-state index contributed by atoms with van der Waals surface area (Å²) >= 11 is 0. The summed E-state index contributed by atoms with van der Waals surface area (Å²) in [5, 5.41) is 0.132. The second kappa shape index (κ2) is 4.99. The van der Waals surface area contributed by atoms with Crippen LogP contribution in [0.5, 0.6) is 5.75 Å². The smallest absolute Gasteiger partial charge is 0.119 e. The Hall–Kier alpha value is -0.550. The maximum atomic E-state index is 5.60. The van der Waals surface area contributed by atoms with E-state index in [-0.39, 0.29) is 5.16 Å². The predicted molar refractivity (Wildman–Crippen MR) is 69.7 cm³/mol.